The van der Waals surface area contributed by atoms with Crippen LogP contribution in [-0.2, 0) is 9.59 Å². The molecular weight excluding hydrogens is 304 g/mol. The Kier molecular flexibility index (Phi) is 4.06. The summed E-state index contributed by atoms with van der Waals surface area (Å²) in [5.41, 5.74) is 0. The van der Waals surface area contributed by atoms with Crippen LogP contribution in [-0.4, -0.2) is 48.3 Å². The molecule has 0 aromatic rings. The number of nitrogens with one attached hydrogen (secondary N) is 2. The lowest BCUT2D eigenvalue weighted by Crippen LogP contribution is -2.39. The average molecular weight is 330 g/mol. The minimum absolute atomic E-state index is 0.0499. The van der Waals surface area contributed by atoms with Crippen molar-refractivity contribution in [1.29, 1.82) is 0 Å². The molecule has 0 aromatic carbocycles. The first-order valence-corrected chi connectivity index (χ1v) is 9.27. The average Bonchev–Trinajstić information content (AvgIpc) is 3.04. The van der Waals surface area contributed by atoms with Crippen LogP contribution in [0.4, 0.5) is 0 Å². The van der Waals surface area contributed by atoms with Crippen molar-refractivity contribution in [3.05, 3.63) is 12.2 Å². The van der Waals surface area contributed by atoms with E-state index in [2.05, 4.69) is 27.8 Å². The van der Waals surface area contributed by atoms with E-state index in [1.165, 1.54) is 17.7 Å². The molecule has 4 unspecified atom stereocenters. The van der Waals surface area contributed by atoms with Gasteiger partial charge in [-0.15, -0.1) is 0 Å². The first-order valence-electron chi connectivity index (χ1n) is 9.27. The summed E-state index contributed by atoms with van der Waals surface area (Å²) >= 11 is 0. The summed E-state index contributed by atoms with van der Waals surface area (Å²) in [6, 6.07) is 0.562. The Morgan fingerprint density at radius 3 is 2.46 bits per heavy atom. The van der Waals surface area contributed by atoms with E-state index in [1.807, 2.05) is 6.92 Å². The van der Waals surface area contributed by atoms with E-state index in [9.17, 15) is 9.59 Å². The van der Waals surface area contributed by atoms with Crippen molar-refractivity contribution in [3.8, 4) is 0 Å². The van der Waals surface area contributed by atoms with Crippen LogP contribution in [0.2, 0.25) is 0 Å². The molecule has 3 fully saturated rings. The van der Waals surface area contributed by atoms with Gasteiger partial charge in [0.05, 0.1) is 11.8 Å². The summed E-state index contributed by atoms with van der Waals surface area (Å²) < 4.78 is 0. The van der Waals surface area contributed by atoms with Crippen LogP contribution in [0.3, 0.4) is 0 Å². The quantitative estimate of drug-likeness (QED) is 0.249. The second-order valence-corrected chi connectivity index (χ2v) is 7.36. The number of aliphatic imine (C=N–C) groups is 1. The van der Waals surface area contributed by atoms with E-state index >= 15 is 0 Å². The zero-order chi connectivity index (χ0) is 16.7. The fraction of sp³-hybridized carbons (Fsp3) is 0.722. The normalized spacial score (nSPS) is 34.2. The van der Waals surface area contributed by atoms with Gasteiger partial charge in [0.15, 0.2) is 5.96 Å². The minimum atomic E-state index is -0.0788. The van der Waals surface area contributed by atoms with Gasteiger partial charge in [0.2, 0.25) is 11.8 Å². The molecule has 24 heavy (non-hydrogen) atoms. The number of likely N-dealkylation sites (tertiary alicyclic amines) is 1. The summed E-state index contributed by atoms with van der Waals surface area (Å²) in [5.74, 6) is 1.38. The van der Waals surface area contributed by atoms with Gasteiger partial charge in [0.25, 0.3) is 0 Å². The molecule has 2 saturated carbocycles. The molecule has 2 amide bonds. The van der Waals surface area contributed by atoms with Crippen LogP contribution in [0.5, 0.6) is 0 Å². The van der Waals surface area contributed by atoms with Gasteiger partial charge in [-0.1, -0.05) is 12.2 Å². The maximum absolute atomic E-state index is 12.6. The standard InChI is InChI=1S/C18H26N4O2/c1-2-19-18(21-13-6-7-13)20-8-3-9-22-16(23)14-11-4-5-12(10-11)15(14)17(22)24/h4-5,11-15H,2-3,6-10H2,1H3,(H2,19,20,21). The number of nitrogens with zero attached hydrogens (tertiary/aromatic N) is 2. The first-order chi connectivity index (χ1) is 11.7. The molecule has 3 aliphatic carbocycles. The van der Waals surface area contributed by atoms with E-state index in [-0.39, 0.29) is 23.7 Å². The molecule has 2 N–H and O–H groups in total. The van der Waals surface area contributed by atoms with Crippen LogP contribution in [0, 0.1) is 23.7 Å². The number of hydrogen-bond acceptors (Lipinski definition) is 3. The Morgan fingerprint density at radius 2 is 1.88 bits per heavy atom. The highest BCUT2D eigenvalue weighted by Gasteiger charge is 2.58. The van der Waals surface area contributed by atoms with E-state index in [1.54, 1.807) is 0 Å². The highest BCUT2D eigenvalue weighted by Crippen LogP contribution is 2.52. The smallest absolute Gasteiger partial charge is 0.233 e. The third kappa shape index (κ3) is 2.72. The molecule has 0 radical (unpaired) electrons. The van der Waals surface area contributed by atoms with Gasteiger partial charge in [-0.05, 0) is 44.4 Å². The highest BCUT2D eigenvalue weighted by molar-refractivity contribution is 6.06. The number of carbonyl (C=O) groups excluding carboxylic acids is 2. The van der Waals surface area contributed by atoms with Crippen molar-refractivity contribution in [2.75, 3.05) is 19.6 Å². The number of carbonyl (C=O) groups is 2. The maximum atomic E-state index is 12.6. The van der Waals surface area contributed by atoms with Gasteiger partial charge >= 0.3 is 0 Å². The molecule has 0 aromatic heterocycles. The summed E-state index contributed by atoms with van der Waals surface area (Å²) in [6.07, 6.45) is 8.40. The first kappa shape index (κ1) is 15.7. The van der Waals surface area contributed by atoms with Crippen molar-refractivity contribution in [2.45, 2.75) is 38.6 Å². The van der Waals surface area contributed by atoms with Crippen molar-refractivity contribution < 1.29 is 9.59 Å². The Balaban J connectivity index is 1.30. The molecule has 4 aliphatic rings. The molecule has 4 rings (SSSR count). The molecule has 1 aliphatic heterocycles. The molecule has 1 saturated heterocycles. The molecule has 1 heterocycles. The second-order valence-electron chi connectivity index (χ2n) is 7.36. The Morgan fingerprint density at radius 1 is 1.21 bits per heavy atom. The van der Waals surface area contributed by atoms with E-state index in [0.717, 1.165) is 25.3 Å². The third-order valence-electron chi connectivity index (χ3n) is 5.63. The summed E-state index contributed by atoms with van der Waals surface area (Å²) in [5, 5.41) is 6.61. The SMILES string of the molecule is CCNC(=NCCCN1C(=O)C2C3C=CC(C3)C2C1=O)NC1CC1. The zero-order valence-corrected chi connectivity index (χ0v) is 14.2. The van der Waals surface area contributed by atoms with Crippen LogP contribution in [0.15, 0.2) is 17.1 Å². The Hall–Kier alpha value is -1.85. The summed E-state index contributed by atoms with van der Waals surface area (Å²) in [6.45, 7) is 4.00. The number of hydrogen-bond donors (Lipinski definition) is 2. The predicted octanol–water partition coefficient (Wildman–Crippen LogP) is 0.901. The highest BCUT2D eigenvalue weighted by atomic mass is 16.2. The third-order valence-corrected chi connectivity index (χ3v) is 5.63. The van der Waals surface area contributed by atoms with E-state index in [0.29, 0.717) is 31.0 Å². The second kappa shape index (κ2) is 6.22. The fourth-order valence-corrected chi connectivity index (χ4v) is 4.35. The van der Waals surface area contributed by atoms with Crippen molar-refractivity contribution in [3.63, 3.8) is 0 Å². The van der Waals surface area contributed by atoms with Crippen LogP contribution in [0.1, 0.15) is 32.6 Å². The lowest BCUT2D eigenvalue weighted by Gasteiger charge is -2.16. The summed E-state index contributed by atoms with van der Waals surface area (Å²) in [7, 11) is 0. The molecule has 6 heteroatoms. The molecule has 6 nitrogen and oxygen atoms in total. The summed E-state index contributed by atoms with van der Waals surface area (Å²) in [4.78, 5) is 31.2. The minimum Gasteiger partial charge on any atom is -0.357 e. The van der Waals surface area contributed by atoms with Crippen LogP contribution in [0.25, 0.3) is 0 Å². The molecule has 130 valence electrons. The van der Waals surface area contributed by atoms with Gasteiger partial charge in [0, 0.05) is 25.7 Å². The van der Waals surface area contributed by atoms with Crippen LogP contribution < -0.4 is 10.6 Å². The number of allylic oxidation sites excluding steroid dienone is 2. The lowest BCUT2D eigenvalue weighted by molar-refractivity contribution is -0.140. The van der Waals surface area contributed by atoms with Gasteiger partial charge in [-0.3, -0.25) is 19.5 Å². The fourth-order valence-electron chi connectivity index (χ4n) is 4.35. The monoisotopic (exact) mass is 330 g/mol. The van der Waals surface area contributed by atoms with Crippen molar-refractivity contribution >= 4 is 17.8 Å². The Labute approximate surface area is 142 Å². The van der Waals surface area contributed by atoms with E-state index in [4.69, 9.17) is 0 Å². The largest absolute Gasteiger partial charge is 0.357 e. The van der Waals surface area contributed by atoms with E-state index < -0.39 is 0 Å². The van der Waals surface area contributed by atoms with Gasteiger partial charge in [-0.2, -0.15) is 0 Å². The number of fused-ring (bicyclic) bond motifs is 5. The number of guanidine groups is 1. The number of rotatable bonds is 6. The van der Waals surface area contributed by atoms with Crippen molar-refractivity contribution in [2.24, 2.45) is 28.7 Å². The molecular formula is C18H26N4O2. The van der Waals surface area contributed by atoms with Gasteiger partial charge in [-0.25, -0.2) is 0 Å². The topological polar surface area (TPSA) is 73.8 Å². The predicted molar refractivity (Wildman–Crippen MR) is 91.2 cm³/mol. The lowest BCUT2D eigenvalue weighted by atomic mass is 9.85. The maximum Gasteiger partial charge on any atom is 0.233 e. The molecule has 4 atom stereocenters. The van der Waals surface area contributed by atoms with Gasteiger partial charge < -0.3 is 10.6 Å². The van der Waals surface area contributed by atoms with Gasteiger partial charge in [0.1, 0.15) is 0 Å². The van der Waals surface area contributed by atoms with Crippen molar-refractivity contribution in [1.82, 2.24) is 15.5 Å². The Bertz CT molecular complexity index is 566. The van der Waals surface area contributed by atoms with Crippen LogP contribution >= 0.6 is 0 Å². The molecule has 2 bridgehead atoms. The number of imide groups is 1. The zero-order valence-electron chi connectivity index (χ0n) is 14.2. The number of amides is 2. The molecule has 0 spiro atoms.